The van der Waals surface area contributed by atoms with Gasteiger partial charge in [0, 0.05) is 26.9 Å². The third-order valence-corrected chi connectivity index (χ3v) is 4.95. The van der Waals surface area contributed by atoms with Gasteiger partial charge in [-0.3, -0.25) is 4.79 Å². The predicted molar refractivity (Wildman–Crippen MR) is 109 cm³/mol. The summed E-state index contributed by atoms with van der Waals surface area (Å²) in [6.45, 7) is 12.1. The Hall–Kier alpha value is -0.790. The van der Waals surface area contributed by atoms with E-state index in [1.165, 1.54) is 6.08 Å². The zero-order chi connectivity index (χ0) is 20.8. The van der Waals surface area contributed by atoms with Gasteiger partial charge in [0.05, 0.1) is 18.6 Å². The Bertz CT molecular complexity index is 427. The van der Waals surface area contributed by atoms with Gasteiger partial charge < -0.3 is 23.7 Å². The van der Waals surface area contributed by atoms with E-state index >= 15 is 0 Å². The molecule has 0 spiro atoms. The third-order valence-electron chi connectivity index (χ3n) is 4.95. The molecule has 1 fully saturated rings. The fourth-order valence-electron chi connectivity index (χ4n) is 3.26. The summed E-state index contributed by atoms with van der Waals surface area (Å²) in [5.74, 6) is -0.628. The van der Waals surface area contributed by atoms with Crippen LogP contribution in [0.2, 0.25) is 0 Å². The molecule has 1 saturated heterocycles. The van der Waals surface area contributed by atoms with Crippen LogP contribution in [0.5, 0.6) is 0 Å². The Kier molecular flexibility index (Phi) is 13.6. The average Bonchev–Trinajstić information content (AvgIpc) is 2.71. The van der Waals surface area contributed by atoms with Crippen molar-refractivity contribution in [3.63, 3.8) is 0 Å². The zero-order valence-corrected chi connectivity index (χ0v) is 18.2. The maximum absolute atomic E-state index is 12.8. The number of hydrogen-bond acceptors (Lipinski definition) is 6. The van der Waals surface area contributed by atoms with Crippen LogP contribution in [-0.4, -0.2) is 63.9 Å². The van der Waals surface area contributed by atoms with E-state index in [0.29, 0.717) is 26.4 Å². The molecule has 1 aliphatic rings. The molecule has 6 heteroatoms. The maximum atomic E-state index is 12.8. The highest BCUT2D eigenvalue weighted by atomic mass is 16.7. The number of hydrogen-bond donors (Lipinski definition) is 0. The molecule has 0 aliphatic carbocycles. The normalized spacial score (nSPS) is 27.6. The number of rotatable bonds is 16. The first kappa shape index (κ1) is 25.2. The minimum atomic E-state index is -0.642. The van der Waals surface area contributed by atoms with Crippen molar-refractivity contribution >= 4 is 5.78 Å². The van der Waals surface area contributed by atoms with Crippen LogP contribution in [0.3, 0.4) is 0 Å². The van der Waals surface area contributed by atoms with Crippen LogP contribution >= 0.6 is 0 Å². The van der Waals surface area contributed by atoms with Gasteiger partial charge in [0.2, 0.25) is 0 Å². The molecule has 1 rings (SSSR count). The molecule has 0 saturated carbocycles. The quantitative estimate of drug-likeness (QED) is 0.289. The summed E-state index contributed by atoms with van der Waals surface area (Å²) in [5, 5.41) is 0. The van der Waals surface area contributed by atoms with Crippen molar-refractivity contribution in [2.24, 2.45) is 5.92 Å². The SMILES string of the molecule is C=CC(=O)C1[C@@H](OCCCC)C(COCCCC)O[C@@H](OC)[C@H]1OCCCC. The standard InChI is InChI=1S/C22H40O6/c1-6-10-13-25-16-18-20(26-14-11-7-2)19(17(23)9-4)21(22(24-5)28-18)27-15-12-8-3/h9,18-22H,4,6-8,10-16H2,1-3,5H3/t18?,19?,20-,21-,22+/m0/s1. The number of ether oxygens (including phenoxy) is 5. The maximum Gasteiger partial charge on any atom is 0.184 e. The summed E-state index contributed by atoms with van der Waals surface area (Å²) < 4.78 is 29.7. The van der Waals surface area contributed by atoms with Crippen molar-refractivity contribution in [3.05, 3.63) is 12.7 Å². The molecular weight excluding hydrogens is 360 g/mol. The van der Waals surface area contributed by atoms with Crippen molar-refractivity contribution in [1.29, 1.82) is 0 Å². The molecule has 0 radical (unpaired) electrons. The lowest BCUT2D eigenvalue weighted by molar-refractivity contribution is -0.295. The highest BCUT2D eigenvalue weighted by molar-refractivity contribution is 5.92. The highest BCUT2D eigenvalue weighted by Crippen LogP contribution is 2.33. The van der Waals surface area contributed by atoms with E-state index in [9.17, 15) is 4.79 Å². The van der Waals surface area contributed by atoms with Crippen LogP contribution in [-0.2, 0) is 28.5 Å². The number of carbonyl (C=O) groups excluding carboxylic acids is 1. The third kappa shape index (κ3) is 7.91. The Balaban J connectivity index is 3.01. The second-order valence-electron chi connectivity index (χ2n) is 7.22. The molecule has 0 amide bonds. The first-order chi connectivity index (χ1) is 13.6. The first-order valence-electron chi connectivity index (χ1n) is 10.8. The Morgan fingerprint density at radius 1 is 0.964 bits per heavy atom. The van der Waals surface area contributed by atoms with Gasteiger partial charge >= 0.3 is 0 Å². The van der Waals surface area contributed by atoms with Crippen molar-refractivity contribution in [3.8, 4) is 0 Å². The summed E-state index contributed by atoms with van der Waals surface area (Å²) in [7, 11) is 1.57. The lowest BCUT2D eigenvalue weighted by atomic mass is 9.85. The van der Waals surface area contributed by atoms with Crippen molar-refractivity contribution in [2.75, 3.05) is 33.5 Å². The molecule has 6 nitrogen and oxygen atoms in total. The molecular formula is C22H40O6. The van der Waals surface area contributed by atoms with Crippen molar-refractivity contribution in [1.82, 2.24) is 0 Å². The van der Waals surface area contributed by atoms with E-state index < -0.39 is 30.5 Å². The summed E-state index contributed by atoms with van der Waals surface area (Å²) in [4.78, 5) is 12.8. The average molecular weight is 401 g/mol. The molecule has 5 atom stereocenters. The molecule has 0 N–H and O–H groups in total. The molecule has 164 valence electrons. The number of ketones is 1. The van der Waals surface area contributed by atoms with Gasteiger partial charge in [0.1, 0.15) is 12.2 Å². The van der Waals surface area contributed by atoms with Crippen LogP contribution in [0.25, 0.3) is 0 Å². The molecule has 1 heterocycles. The molecule has 0 aromatic heterocycles. The van der Waals surface area contributed by atoms with E-state index in [1.807, 2.05) is 0 Å². The van der Waals surface area contributed by atoms with Crippen molar-refractivity contribution < 1.29 is 28.5 Å². The van der Waals surface area contributed by atoms with Gasteiger partial charge in [-0.05, 0) is 25.3 Å². The zero-order valence-electron chi connectivity index (χ0n) is 18.2. The summed E-state index contributed by atoms with van der Waals surface area (Å²) >= 11 is 0. The van der Waals surface area contributed by atoms with E-state index in [4.69, 9.17) is 23.7 Å². The molecule has 0 bridgehead atoms. The smallest absolute Gasteiger partial charge is 0.184 e. The van der Waals surface area contributed by atoms with E-state index in [0.717, 1.165) is 38.5 Å². The number of unbranched alkanes of at least 4 members (excludes halogenated alkanes) is 3. The fourth-order valence-corrected chi connectivity index (χ4v) is 3.26. The molecule has 2 unspecified atom stereocenters. The largest absolute Gasteiger partial charge is 0.379 e. The number of methoxy groups -OCH3 is 1. The summed E-state index contributed by atoms with van der Waals surface area (Å²) in [6, 6.07) is 0. The summed E-state index contributed by atoms with van der Waals surface area (Å²) in [6.07, 6.45) is 5.25. The molecule has 0 aromatic rings. The monoisotopic (exact) mass is 400 g/mol. The molecule has 0 aromatic carbocycles. The van der Waals surface area contributed by atoms with Gasteiger partial charge in [-0.15, -0.1) is 0 Å². The molecule has 1 aliphatic heterocycles. The topological polar surface area (TPSA) is 63.2 Å². The summed E-state index contributed by atoms with van der Waals surface area (Å²) in [5.41, 5.74) is 0. The predicted octanol–water partition coefficient (Wildman–Crippen LogP) is 3.92. The van der Waals surface area contributed by atoms with E-state index in [-0.39, 0.29) is 5.78 Å². The Labute approximate surface area is 170 Å². The van der Waals surface area contributed by atoms with Crippen molar-refractivity contribution in [2.45, 2.75) is 83.9 Å². The second-order valence-corrected chi connectivity index (χ2v) is 7.22. The van der Waals surface area contributed by atoms with Gasteiger partial charge in [-0.1, -0.05) is 46.6 Å². The van der Waals surface area contributed by atoms with Crippen LogP contribution < -0.4 is 0 Å². The highest BCUT2D eigenvalue weighted by Gasteiger charge is 2.50. The van der Waals surface area contributed by atoms with Crippen LogP contribution in [0.4, 0.5) is 0 Å². The van der Waals surface area contributed by atoms with Gasteiger partial charge in [0.15, 0.2) is 12.1 Å². The lowest BCUT2D eigenvalue weighted by Gasteiger charge is -2.45. The Morgan fingerprint density at radius 3 is 2.07 bits per heavy atom. The van der Waals surface area contributed by atoms with Crippen LogP contribution in [0, 0.1) is 5.92 Å². The lowest BCUT2D eigenvalue weighted by Crippen LogP contribution is -2.60. The Morgan fingerprint density at radius 2 is 1.54 bits per heavy atom. The number of carbonyl (C=O) groups is 1. The first-order valence-corrected chi connectivity index (χ1v) is 10.8. The molecule has 28 heavy (non-hydrogen) atoms. The van der Waals surface area contributed by atoms with Crippen LogP contribution in [0.15, 0.2) is 12.7 Å². The van der Waals surface area contributed by atoms with Gasteiger partial charge in [0.25, 0.3) is 0 Å². The van der Waals surface area contributed by atoms with E-state index in [2.05, 4.69) is 27.4 Å². The van der Waals surface area contributed by atoms with Gasteiger partial charge in [-0.2, -0.15) is 0 Å². The van der Waals surface area contributed by atoms with Gasteiger partial charge in [-0.25, -0.2) is 0 Å². The second kappa shape index (κ2) is 15.1. The number of allylic oxidation sites excluding steroid dienone is 1. The van der Waals surface area contributed by atoms with Crippen LogP contribution in [0.1, 0.15) is 59.3 Å². The minimum Gasteiger partial charge on any atom is -0.379 e. The minimum absolute atomic E-state index is 0.105. The van der Waals surface area contributed by atoms with E-state index in [1.54, 1.807) is 7.11 Å². The fraction of sp³-hybridized carbons (Fsp3) is 0.864.